The minimum atomic E-state index is -0.300. The van der Waals surface area contributed by atoms with Crippen LogP contribution in [0.25, 0.3) is 11.4 Å². The van der Waals surface area contributed by atoms with Crippen LogP contribution in [0.1, 0.15) is 25.3 Å². The van der Waals surface area contributed by atoms with E-state index in [0.717, 1.165) is 23.4 Å². The highest BCUT2D eigenvalue weighted by Crippen LogP contribution is 2.24. The van der Waals surface area contributed by atoms with Gasteiger partial charge in [-0.05, 0) is 37.6 Å². The summed E-state index contributed by atoms with van der Waals surface area (Å²) < 4.78 is 15.0. The number of halogens is 1. The average molecular weight is 407 g/mol. The van der Waals surface area contributed by atoms with Crippen LogP contribution in [0.4, 0.5) is 9.52 Å². The number of amides is 1. The molecule has 3 aromatic rings. The highest BCUT2D eigenvalue weighted by Gasteiger charge is 2.15. The van der Waals surface area contributed by atoms with E-state index in [1.165, 1.54) is 35.2 Å². The van der Waals surface area contributed by atoms with Crippen LogP contribution in [0.15, 0.2) is 29.4 Å². The molecule has 7 nitrogen and oxygen atoms in total. The van der Waals surface area contributed by atoms with Crippen LogP contribution in [-0.4, -0.2) is 36.6 Å². The van der Waals surface area contributed by atoms with E-state index >= 15 is 0 Å². The molecule has 1 N–H and O–H groups in total. The van der Waals surface area contributed by atoms with Gasteiger partial charge in [-0.15, -0.1) is 20.4 Å². The molecular weight excluding hydrogens is 387 g/mol. The third-order valence-corrected chi connectivity index (χ3v) is 5.51. The quantitative estimate of drug-likeness (QED) is 0.575. The fraction of sp³-hybridized carbons (Fsp3) is 0.353. The van der Waals surface area contributed by atoms with Gasteiger partial charge in [0.05, 0.1) is 5.75 Å². The lowest BCUT2D eigenvalue weighted by atomic mass is 10.2. The molecule has 2 aromatic heterocycles. The standard InChI is InChI=1S/C17H19FN6OS2/c1-3-5-14-20-22-16(27-14)19-13(25)10-26-17-23-21-15(24(17)4-2)11-6-8-12(18)9-7-11/h6-9H,3-5,10H2,1-2H3,(H,19,22,25). The summed E-state index contributed by atoms with van der Waals surface area (Å²) in [4.78, 5) is 12.2. The second kappa shape index (κ2) is 9.05. The van der Waals surface area contributed by atoms with Crippen LogP contribution in [0, 0.1) is 5.82 Å². The van der Waals surface area contributed by atoms with Crippen molar-refractivity contribution >= 4 is 34.1 Å². The van der Waals surface area contributed by atoms with Gasteiger partial charge in [-0.2, -0.15) is 0 Å². The van der Waals surface area contributed by atoms with Gasteiger partial charge in [0, 0.05) is 18.5 Å². The molecule has 3 rings (SSSR count). The summed E-state index contributed by atoms with van der Waals surface area (Å²) in [5.41, 5.74) is 0.777. The molecule has 1 amide bonds. The number of carbonyl (C=O) groups excluding carboxylic acids is 1. The molecule has 142 valence electrons. The van der Waals surface area contributed by atoms with E-state index in [0.29, 0.717) is 22.7 Å². The van der Waals surface area contributed by atoms with E-state index in [-0.39, 0.29) is 17.5 Å². The number of nitrogens with zero attached hydrogens (tertiary/aromatic N) is 5. The van der Waals surface area contributed by atoms with Crippen LogP contribution < -0.4 is 5.32 Å². The summed E-state index contributed by atoms with van der Waals surface area (Å²) in [6, 6.07) is 6.10. The first kappa shape index (κ1) is 19.4. The lowest BCUT2D eigenvalue weighted by Crippen LogP contribution is -2.14. The second-order valence-electron chi connectivity index (χ2n) is 5.65. The van der Waals surface area contributed by atoms with Crippen molar-refractivity contribution in [3.63, 3.8) is 0 Å². The van der Waals surface area contributed by atoms with Gasteiger partial charge in [-0.25, -0.2) is 4.39 Å². The summed E-state index contributed by atoms with van der Waals surface area (Å²) >= 11 is 2.68. The van der Waals surface area contributed by atoms with Crippen LogP contribution in [0.2, 0.25) is 0 Å². The largest absolute Gasteiger partial charge is 0.302 e. The van der Waals surface area contributed by atoms with Crippen molar-refractivity contribution in [3.8, 4) is 11.4 Å². The topological polar surface area (TPSA) is 85.6 Å². The Kier molecular flexibility index (Phi) is 6.51. The zero-order valence-corrected chi connectivity index (χ0v) is 16.6. The molecule has 0 radical (unpaired) electrons. The minimum Gasteiger partial charge on any atom is -0.302 e. The lowest BCUT2D eigenvalue weighted by molar-refractivity contribution is -0.113. The molecule has 0 aliphatic heterocycles. The first-order chi connectivity index (χ1) is 13.1. The van der Waals surface area contributed by atoms with Crippen molar-refractivity contribution in [2.75, 3.05) is 11.1 Å². The number of aryl methyl sites for hydroxylation is 1. The summed E-state index contributed by atoms with van der Waals surface area (Å²) in [7, 11) is 0. The van der Waals surface area contributed by atoms with Crippen LogP contribution in [0.3, 0.4) is 0 Å². The van der Waals surface area contributed by atoms with Crippen LogP contribution in [0.5, 0.6) is 0 Å². The van der Waals surface area contributed by atoms with E-state index < -0.39 is 0 Å². The first-order valence-electron chi connectivity index (χ1n) is 8.54. The van der Waals surface area contributed by atoms with Crippen molar-refractivity contribution in [3.05, 3.63) is 35.1 Å². The molecule has 1 aromatic carbocycles. The summed E-state index contributed by atoms with van der Waals surface area (Å²) in [5.74, 6) is 0.359. The van der Waals surface area contributed by atoms with Gasteiger partial charge >= 0.3 is 0 Å². The Morgan fingerprint density at radius 1 is 1.19 bits per heavy atom. The number of rotatable bonds is 8. The monoisotopic (exact) mass is 406 g/mol. The maximum Gasteiger partial charge on any atom is 0.236 e. The molecule has 0 spiro atoms. The molecule has 27 heavy (non-hydrogen) atoms. The Balaban J connectivity index is 1.63. The van der Waals surface area contributed by atoms with Gasteiger partial charge < -0.3 is 4.57 Å². The van der Waals surface area contributed by atoms with E-state index in [4.69, 9.17) is 0 Å². The maximum atomic E-state index is 13.1. The number of thioether (sulfide) groups is 1. The van der Waals surface area contributed by atoms with Crippen molar-refractivity contribution in [2.45, 2.75) is 38.4 Å². The molecule has 0 bridgehead atoms. The van der Waals surface area contributed by atoms with Gasteiger partial charge in [-0.1, -0.05) is 30.0 Å². The van der Waals surface area contributed by atoms with Crippen molar-refractivity contribution in [1.29, 1.82) is 0 Å². The zero-order valence-electron chi connectivity index (χ0n) is 15.0. The number of hydrogen-bond acceptors (Lipinski definition) is 7. The Labute approximate surface area is 164 Å². The molecule has 2 heterocycles. The molecule has 0 aliphatic carbocycles. The maximum absolute atomic E-state index is 13.1. The molecule has 0 fully saturated rings. The molecule has 10 heteroatoms. The van der Waals surface area contributed by atoms with E-state index in [9.17, 15) is 9.18 Å². The minimum absolute atomic E-state index is 0.173. The lowest BCUT2D eigenvalue weighted by Gasteiger charge is -2.07. The smallest absolute Gasteiger partial charge is 0.236 e. The summed E-state index contributed by atoms with van der Waals surface area (Å²) in [5, 5.41) is 21.2. The molecule has 0 atom stereocenters. The zero-order chi connectivity index (χ0) is 19.2. The van der Waals surface area contributed by atoms with Gasteiger partial charge in [-0.3, -0.25) is 10.1 Å². The van der Waals surface area contributed by atoms with Crippen molar-refractivity contribution in [2.24, 2.45) is 0 Å². The SMILES string of the molecule is CCCc1nnc(NC(=O)CSc2nnc(-c3ccc(F)cc3)n2CC)s1. The van der Waals surface area contributed by atoms with Crippen LogP contribution >= 0.6 is 23.1 Å². The van der Waals surface area contributed by atoms with Crippen molar-refractivity contribution in [1.82, 2.24) is 25.0 Å². The molecular formula is C17H19FN6OS2. The number of anilines is 1. The fourth-order valence-electron chi connectivity index (χ4n) is 2.40. The van der Waals surface area contributed by atoms with E-state index in [1.807, 2.05) is 11.5 Å². The molecule has 0 saturated carbocycles. The van der Waals surface area contributed by atoms with E-state index in [2.05, 4.69) is 32.6 Å². The van der Waals surface area contributed by atoms with Gasteiger partial charge in [0.15, 0.2) is 11.0 Å². The molecule has 0 unspecified atom stereocenters. The molecule has 0 saturated heterocycles. The number of benzene rings is 1. The highest BCUT2D eigenvalue weighted by molar-refractivity contribution is 7.99. The predicted octanol–water partition coefficient (Wildman–Crippen LogP) is 3.64. The number of carbonyl (C=O) groups is 1. The summed E-state index contributed by atoms with van der Waals surface area (Å²) in [6.07, 6.45) is 1.84. The average Bonchev–Trinajstić information content (AvgIpc) is 3.27. The number of nitrogens with one attached hydrogen (secondary N) is 1. The van der Waals surface area contributed by atoms with Crippen LogP contribution in [-0.2, 0) is 17.8 Å². The number of aromatic nitrogens is 5. The second-order valence-corrected chi connectivity index (χ2v) is 7.65. The number of hydrogen-bond donors (Lipinski definition) is 1. The summed E-state index contributed by atoms with van der Waals surface area (Å²) in [6.45, 7) is 4.68. The Morgan fingerprint density at radius 2 is 1.96 bits per heavy atom. The Morgan fingerprint density at radius 3 is 2.67 bits per heavy atom. The first-order valence-corrected chi connectivity index (χ1v) is 10.3. The Bertz CT molecular complexity index is 909. The fourth-order valence-corrected chi connectivity index (χ4v) is 4.06. The van der Waals surface area contributed by atoms with Crippen molar-refractivity contribution < 1.29 is 9.18 Å². The van der Waals surface area contributed by atoms with Gasteiger partial charge in [0.25, 0.3) is 0 Å². The highest BCUT2D eigenvalue weighted by atomic mass is 32.2. The third kappa shape index (κ3) is 4.89. The van der Waals surface area contributed by atoms with Gasteiger partial charge in [0.1, 0.15) is 10.8 Å². The van der Waals surface area contributed by atoms with Gasteiger partial charge in [0.2, 0.25) is 11.0 Å². The Hall–Kier alpha value is -2.33. The predicted molar refractivity (Wildman–Crippen MR) is 104 cm³/mol. The van der Waals surface area contributed by atoms with E-state index in [1.54, 1.807) is 12.1 Å². The normalized spacial score (nSPS) is 10.9. The third-order valence-electron chi connectivity index (χ3n) is 3.64. The molecule has 0 aliphatic rings.